The van der Waals surface area contributed by atoms with Crippen LogP contribution < -0.4 is 5.32 Å². The summed E-state index contributed by atoms with van der Waals surface area (Å²) in [7, 11) is 0.398. The Morgan fingerprint density at radius 1 is 0.900 bits per heavy atom. The van der Waals surface area contributed by atoms with Gasteiger partial charge in [-0.3, -0.25) is 0 Å². The lowest BCUT2D eigenvalue weighted by molar-refractivity contribution is 0.0850. The van der Waals surface area contributed by atoms with Crippen LogP contribution in [0.2, 0.25) is 0 Å². The third-order valence-corrected chi connectivity index (χ3v) is 4.38. The molecule has 0 heterocycles. The van der Waals surface area contributed by atoms with Gasteiger partial charge in [-0.2, -0.15) is 0 Å². The summed E-state index contributed by atoms with van der Waals surface area (Å²) in [5.41, 5.74) is -1.70. The molecule has 1 aromatic carbocycles. The van der Waals surface area contributed by atoms with Crippen LogP contribution in [0.3, 0.4) is 0 Å². The van der Waals surface area contributed by atoms with Gasteiger partial charge in [0.2, 0.25) is 5.82 Å². The summed E-state index contributed by atoms with van der Waals surface area (Å²) in [4.78, 5) is 0. The maximum Gasteiger partial charge on any atom is 0.200 e. The summed E-state index contributed by atoms with van der Waals surface area (Å²) >= 11 is 0. The number of anilines is 1. The zero-order valence-electron chi connectivity index (χ0n) is 11.4. The second-order valence-corrected chi connectivity index (χ2v) is 4.80. The fraction of sp³-hybridized carbons (Fsp3) is 0.500. The highest BCUT2D eigenvalue weighted by Gasteiger charge is 2.29. The molecule has 0 aliphatic carbocycles. The molecule has 0 aliphatic heterocycles. The molecule has 2 nitrogen and oxygen atoms in total. The summed E-state index contributed by atoms with van der Waals surface area (Å²) in [6, 6.07) is 0. The minimum atomic E-state index is -2.16. The molecule has 0 saturated carbocycles. The van der Waals surface area contributed by atoms with E-state index < -0.39 is 40.4 Å². The Kier molecular flexibility index (Phi) is 5.52. The van der Waals surface area contributed by atoms with Crippen LogP contribution in [0.1, 0.15) is 26.7 Å². The first-order valence-electron chi connectivity index (χ1n) is 6.14. The molecule has 0 amide bonds. The summed E-state index contributed by atoms with van der Waals surface area (Å²) in [6.45, 7) is 3.60. The van der Waals surface area contributed by atoms with Crippen molar-refractivity contribution in [3.63, 3.8) is 0 Å². The summed E-state index contributed by atoms with van der Waals surface area (Å²) in [5.74, 6) is -9.82. The van der Waals surface area contributed by atoms with Gasteiger partial charge in [-0.05, 0) is 12.8 Å². The predicted molar refractivity (Wildman–Crippen MR) is 69.1 cm³/mol. The Morgan fingerprint density at radius 2 is 1.30 bits per heavy atom. The number of halogens is 5. The lowest BCUT2D eigenvalue weighted by atomic mass is 9.97. The average Bonchev–Trinajstić information content (AvgIpc) is 2.47. The highest BCUT2D eigenvalue weighted by Crippen LogP contribution is 2.28. The lowest BCUT2D eigenvalue weighted by Crippen LogP contribution is -2.38. The van der Waals surface area contributed by atoms with Crippen molar-refractivity contribution in [3.8, 4) is 0 Å². The Hall–Kier alpha value is -1.15. The minimum Gasteiger partial charge on any atom is -0.421 e. The zero-order valence-corrected chi connectivity index (χ0v) is 13.4. The largest absolute Gasteiger partial charge is 0.421 e. The van der Waals surface area contributed by atoms with Gasteiger partial charge < -0.3 is 9.74 Å². The second kappa shape index (κ2) is 6.53. The Morgan fingerprint density at radius 3 is 1.65 bits per heavy atom. The third kappa shape index (κ3) is 2.95. The van der Waals surface area contributed by atoms with Crippen molar-refractivity contribution in [1.29, 1.82) is 0 Å². The highest BCUT2D eigenvalue weighted by molar-refractivity contribution is 5.98. The predicted octanol–water partition coefficient (Wildman–Crippen LogP) is 2.65. The van der Waals surface area contributed by atoms with Crippen molar-refractivity contribution >= 4 is 16.2 Å². The molecule has 0 unspecified atom stereocenters. The van der Waals surface area contributed by atoms with Gasteiger partial charge >= 0.3 is 0 Å². The number of nitrogens with one attached hydrogen (secondary N) is 1. The fourth-order valence-electron chi connectivity index (χ4n) is 1.87. The van der Waals surface area contributed by atoms with Crippen LogP contribution in [0.15, 0.2) is 0 Å². The van der Waals surface area contributed by atoms with E-state index in [1.165, 1.54) is 0 Å². The monoisotopic (exact) mass is 313 g/mol. The maximum atomic E-state index is 13.5. The quantitative estimate of drug-likeness (QED) is 0.377. The molecule has 0 aliphatic rings. The first-order chi connectivity index (χ1) is 9.33. The van der Waals surface area contributed by atoms with Crippen LogP contribution in [0.5, 0.6) is 0 Å². The first kappa shape index (κ1) is 16.9. The van der Waals surface area contributed by atoms with Crippen molar-refractivity contribution in [1.82, 2.24) is 0 Å². The van der Waals surface area contributed by atoms with E-state index in [2.05, 4.69) is 5.32 Å². The van der Waals surface area contributed by atoms with E-state index in [9.17, 15) is 22.0 Å². The van der Waals surface area contributed by atoms with E-state index in [-0.39, 0.29) is 6.54 Å². The van der Waals surface area contributed by atoms with Gasteiger partial charge in [0.1, 0.15) is 16.2 Å². The zero-order chi connectivity index (χ0) is 15.5. The van der Waals surface area contributed by atoms with Crippen molar-refractivity contribution < 1.29 is 26.4 Å². The third-order valence-electron chi connectivity index (χ3n) is 3.52. The van der Waals surface area contributed by atoms with Crippen LogP contribution in [-0.4, -0.2) is 22.6 Å². The molecule has 0 fully saturated rings. The molecule has 1 rings (SSSR count). The maximum absolute atomic E-state index is 13.5. The molecule has 0 radical (unpaired) electrons. The van der Waals surface area contributed by atoms with Crippen LogP contribution in [-0.2, 0) is 4.43 Å². The van der Waals surface area contributed by atoms with E-state index in [4.69, 9.17) is 4.43 Å². The van der Waals surface area contributed by atoms with Gasteiger partial charge in [0.15, 0.2) is 23.3 Å². The molecule has 1 aromatic rings. The number of hydrogen-bond donors (Lipinski definition) is 1. The molecular weight excluding hydrogens is 297 g/mol. The smallest absolute Gasteiger partial charge is 0.200 e. The van der Waals surface area contributed by atoms with E-state index >= 15 is 0 Å². The van der Waals surface area contributed by atoms with Crippen molar-refractivity contribution in [2.24, 2.45) is 0 Å². The topological polar surface area (TPSA) is 21.3 Å². The van der Waals surface area contributed by atoms with E-state index in [1.54, 1.807) is 0 Å². The molecule has 20 heavy (non-hydrogen) atoms. The molecular formula is C12H16F5NOSi. The van der Waals surface area contributed by atoms with Gasteiger partial charge in [0, 0.05) is 6.54 Å². The van der Waals surface area contributed by atoms with E-state index in [1.807, 2.05) is 13.8 Å². The Balaban J connectivity index is 3.11. The van der Waals surface area contributed by atoms with Gasteiger partial charge in [-0.25, -0.2) is 22.0 Å². The normalized spacial score (nSPS) is 11.9. The minimum absolute atomic E-state index is 0.0398. The van der Waals surface area contributed by atoms with Crippen molar-refractivity contribution in [3.05, 3.63) is 29.1 Å². The molecule has 0 bridgehead atoms. The molecule has 0 aromatic heterocycles. The Bertz CT molecular complexity index is 456. The standard InChI is InChI=1S/C12H16F5NOSi/c1-3-12(4-2,19-20)5-18-11-9(16)7(14)6(13)8(15)10(11)17/h18H,3-5H2,1-2,20H3. The van der Waals surface area contributed by atoms with Crippen LogP contribution in [0.25, 0.3) is 0 Å². The Labute approximate surface area is 116 Å². The molecule has 114 valence electrons. The van der Waals surface area contributed by atoms with Gasteiger partial charge in [-0.15, -0.1) is 0 Å². The van der Waals surface area contributed by atoms with Crippen molar-refractivity contribution in [2.75, 3.05) is 11.9 Å². The fourth-order valence-corrected chi connectivity index (χ4v) is 2.59. The molecule has 8 heteroatoms. The number of hydrogen-bond acceptors (Lipinski definition) is 2. The number of benzene rings is 1. The van der Waals surface area contributed by atoms with Gasteiger partial charge in [-0.1, -0.05) is 13.8 Å². The van der Waals surface area contributed by atoms with Crippen LogP contribution in [0.4, 0.5) is 27.6 Å². The summed E-state index contributed by atoms with van der Waals surface area (Å²) < 4.78 is 71.3. The van der Waals surface area contributed by atoms with Crippen LogP contribution >= 0.6 is 0 Å². The number of rotatable bonds is 6. The van der Waals surface area contributed by atoms with Gasteiger partial charge in [0.25, 0.3) is 0 Å². The van der Waals surface area contributed by atoms with Gasteiger partial charge in [0.05, 0.1) is 5.60 Å². The van der Waals surface area contributed by atoms with E-state index in [0.29, 0.717) is 23.3 Å². The second-order valence-electron chi connectivity index (χ2n) is 4.39. The highest BCUT2D eigenvalue weighted by atomic mass is 28.2. The summed E-state index contributed by atoms with van der Waals surface area (Å²) in [5, 5.41) is 2.28. The van der Waals surface area contributed by atoms with E-state index in [0.717, 1.165) is 0 Å². The average molecular weight is 313 g/mol. The lowest BCUT2D eigenvalue weighted by Gasteiger charge is -2.31. The van der Waals surface area contributed by atoms with Crippen LogP contribution in [0, 0.1) is 29.1 Å². The molecule has 1 N–H and O–H groups in total. The summed E-state index contributed by atoms with van der Waals surface area (Å²) in [6.07, 6.45) is 1.10. The van der Waals surface area contributed by atoms with Crippen molar-refractivity contribution in [2.45, 2.75) is 32.3 Å². The first-order valence-corrected chi connectivity index (χ1v) is 6.95. The molecule has 0 atom stereocenters. The molecule has 0 saturated heterocycles. The molecule has 0 spiro atoms. The SMILES string of the molecule is CCC(CC)(CNc1c(F)c(F)c(F)c(F)c1F)O[SiH3].